The van der Waals surface area contributed by atoms with Gasteiger partial charge in [0.2, 0.25) is 17.7 Å². The Morgan fingerprint density at radius 2 is 1.72 bits per heavy atom. The lowest BCUT2D eigenvalue weighted by atomic mass is 9.74. The molecule has 2 fully saturated rings. The Labute approximate surface area is 317 Å². The van der Waals surface area contributed by atoms with Crippen molar-refractivity contribution in [3.8, 4) is 0 Å². The van der Waals surface area contributed by atoms with Gasteiger partial charge in [-0.1, -0.05) is 71.4 Å². The van der Waals surface area contributed by atoms with Gasteiger partial charge in [0.25, 0.3) is 0 Å². The highest BCUT2D eigenvalue weighted by molar-refractivity contribution is 5.83. The second-order valence-corrected chi connectivity index (χ2v) is 16.0. The lowest BCUT2D eigenvalue weighted by molar-refractivity contribution is -0.153. The lowest BCUT2D eigenvalue weighted by Crippen LogP contribution is -2.69. The van der Waals surface area contributed by atoms with Crippen LogP contribution < -0.4 is 11.1 Å². The van der Waals surface area contributed by atoms with E-state index in [0.29, 0.717) is 39.0 Å². The molecule has 0 aliphatic carbocycles. The Bertz CT molecular complexity index is 1350. The van der Waals surface area contributed by atoms with Crippen LogP contribution in [0.3, 0.4) is 0 Å². The number of aliphatic hydroxyl groups is 1. The SMILES string of the molecule is CC[C@H](C)[C@@H]([C@@H](CC(=O)N1CCC[C@H]1[C@H](OC)[C@@H](C)C(=O)N[C@H](CO)Cc1ccccc1)OC)N(C)C(=O)[C@@H](C(C)C)C1(C)CN(C)CCN1C(N)=O. The number of nitrogens with one attached hydrogen (secondary N) is 1. The topological polar surface area (TPSA) is 158 Å². The van der Waals surface area contributed by atoms with E-state index in [1.165, 1.54) is 0 Å². The van der Waals surface area contributed by atoms with Gasteiger partial charge >= 0.3 is 6.03 Å². The number of hydrogen-bond acceptors (Lipinski definition) is 8. The van der Waals surface area contributed by atoms with Crippen molar-refractivity contribution in [2.45, 2.75) is 110 Å². The number of benzene rings is 1. The minimum atomic E-state index is -0.837. The average molecular weight is 745 g/mol. The minimum absolute atomic E-state index is 0.0104. The van der Waals surface area contributed by atoms with Crippen LogP contribution in [0.25, 0.3) is 0 Å². The number of nitrogens with zero attached hydrogens (tertiary/aromatic N) is 4. The van der Waals surface area contributed by atoms with Crippen molar-refractivity contribution in [1.29, 1.82) is 0 Å². The number of piperazine rings is 1. The number of carbonyl (C=O) groups is 4. The predicted octanol–water partition coefficient (Wildman–Crippen LogP) is 2.98. The molecule has 5 amide bonds. The summed E-state index contributed by atoms with van der Waals surface area (Å²) in [5.41, 5.74) is 6.06. The fraction of sp³-hybridized carbons (Fsp3) is 0.750. The van der Waals surface area contributed by atoms with Crippen molar-refractivity contribution < 1.29 is 33.8 Å². The molecule has 3 rings (SSSR count). The van der Waals surface area contributed by atoms with Crippen molar-refractivity contribution in [3.63, 3.8) is 0 Å². The molecule has 13 heteroatoms. The summed E-state index contributed by atoms with van der Waals surface area (Å²) in [7, 11) is 6.92. The Morgan fingerprint density at radius 3 is 2.26 bits per heavy atom. The Kier molecular flexibility index (Phi) is 16.6. The summed E-state index contributed by atoms with van der Waals surface area (Å²) in [5, 5.41) is 13.0. The molecule has 53 heavy (non-hydrogen) atoms. The van der Waals surface area contributed by atoms with Gasteiger partial charge in [0, 0.05) is 47.4 Å². The second kappa shape index (κ2) is 19.9. The van der Waals surface area contributed by atoms with E-state index in [2.05, 4.69) is 24.1 Å². The second-order valence-electron chi connectivity index (χ2n) is 16.0. The van der Waals surface area contributed by atoms with Crippen LogP contribution in [0, 0.1) is 23.7 Å². The zero-order valence-electron chi connectivity index (χ0n) is 33.9. The van der Waals surface area contributed by atoms with E-state index in [4.69, 9.17) is 15.2 Å². The highest BCUT2D eigenvalue weighted by atomic mass is 16.5. The summed E-state index contributed by atoms with van der Waals surface area (Å²) in [4.78, 5) is 62.5. The first-order valence-electron chi connectivity index (χ1n) is 19.4. The van der Waals surface area contributed by atoms with E-state index >= 15 is 0 Å². The normalized spacial score (nSPS) is 23.5. The van der Waals surface area contributed by atoms with Crippen LogP contribution in [0.15, 0.2) is 30.3 Å². The molecule has 13 nitrogen and oxygen atoms in total. The van der Waals surface area contributed by atoms with Crippen LogP contribution in [-0.4, -0.2) is 145 Å². The van der Waals surface area contributed by atoms with E-state index in [0.717, 1.165) is 18.4 Å². The van der Waals surface area contributed by atoms with Crippen LogP contribution in [0.1, 0.15) is 72.8 Å². The zero-order chi connectivity index (χ0) is 39.6. The summed E-state index contributed by atoms with van der Waals surface area (Å²) in [5.74, 6) is -1.75. The highest BCUT2D eigenvalue weighted by Crippen LogP contribution is 2.37. The van der Waals surface area contributed by atoms with E-state index in [9.17, 15) is 24.3 Å². The van der Waals surface area contributed by atoms with E-state index in [1.54, 1.807) is 38.0 Å². The number of primary amides is 1. The molecule has 1 aromatic rings. The number of likely N-dealkylation sites (N-methyl/N-ethyl adjacent to an activating group) is 2. The molecular weight excluding hydrogens is 676 g/mol. The molecule has 1 unspecified atom stereocenters. The summed E-state index contributed by atoms with van der Waals surface area (Å²) < 4.78 is 12.0. The Balaban J connectivity index is 1.82. The largest absolute Gasteiger partial charge is 0.394 e. The van der Waals surface area contributed by atoms with Crippen LogP contribution >= 0.6 is 0 Å². The quantitative estimate of drug-likeness (QED) is 0.207. The molecule has 2 heterocycles. The number of methoxy groups -OCH3 is 2. The molecule has 0 bridgehead atoms. The molecule has 0 saturated carbocycles. The fourth-order valence-electron chi connectivity index (χ4n) is 9.05. The summed E-state index contributed by atoms with van der Waals surface area (Å²) in [6.07, 6.45) is 1.55. The molecule has 300 valence electrons. The van der Waals surface area contributed by atoms with Gasteiger partial charge in [0.1, 0.15) is 0 Å². The summed E-state index contributed by atoms with van der Waals surface area (Å²) in [6, 6.07) is 7.93. The number of likely N-dealkylation sites (tertiary alicyclic amines) is 1. The molecule has 2 aliphatic heterocycles. The van der Waals surface area contributed by atoms with Gasteiger partial charge in [0.15, 0.2) is 0 Å². The van der Waals surface area contributed by atoms with E-state index < -0.39 is 47.7 Å². The maximum atomic E-state index is 14.7. The Morgan fingerprint density at radius 1 is 1.06 bits per heavy atom. The van der Waals surface area contributed by atoms with Gasteiger partial charge in [-0.25, -0.2) is 4.79 Å². The number of amides is 5. The van der Waals surface area contributed by atoms with Gasteiger partial charge in [-0.3, -0.25) is 14.4 Å². The molecule has 4 N–H and O–H groups in total. The fourth-order valence-corrected chi connectivity index (χ4v) is 9.05. The van der Waals surface area contributed by atoms with Gasteiger partial charge in [0.05, 0.1) is 60.7 Å². The summed E-state index contributed by atoms with van der Waals surface area (Å²) >= 11 is 0. The molecule has 9 atom stereocenters. The van der Waals surface area contributed by atoms with E-state index in [-0.39, 0.29) is 48.6 Å². The van der Waals surface area contributed by atoms with E-state index in [1.807, 2.05) is 63.1 Å². The van der Waals surface area contributed by atoms with Crippen molar-refractivity contribution in [1.82, 2.24) is 24.9 Å². The van der Waals surface area contributed by atoms with Crippen molar-refractivity contribution in [3.05, 3.63) is 35.9 Å². The van der Waals surface area contributed by atoms with Crippen molar-refractivity contribution >= 4 is 23.8 Å². The third-order valence-electron chi connectivity index (χ3n) is 11.9. The first-order chi connectivity index (χ1) is 25.1. The molecule has 2 aliphatic rings. The van der Waals surface area contributed by atoms with Crippen LogP contribution in [0.2, 0.25) is 0 Å². The van der Waals surface area contributed by atoms with Crippen LogP contribution in [0.4, 0.5) is 4.79 Å². The van der Waals surface area contributed by atoms with Gasteiger partial charge in [-0.05, 0) is 50.6 Å². The lowest BCUT2D eigenvalue weighted by Gasteiger charge is -2.53. The standard InChI is InChI=1S/C40H68N6O7/c1-11-27(4)35(44(8)38(50)34(26(2)3)40(6)25-43(7)20-21-46(40)39(41)51)32(52-9)23-33(48)45-19-15-18-31(45)36(53-10)28(5)37(49)42-30(24-47)22-29-16-13-12-14-17-29/h12-14,16-17,26-28,30-32,34-36,47H,11,15,18-25H2,1-10H3,(H2,41,51)(H,42,49)/t27-,28+,30-,31-,32+,34+,35-,36+,40?/m0/s1. The van der Waals surface area contributed by atoms with Crippen molar-refractivity contribution in [2.75, 3.05) is 61.1 Å². The summed E-state index contributed by atoms with van der Waals surface area (Å²) in [6.45, 7) is 13.8. The van der Waals surface area contributed by atoms with Crippen LogP contribution in [-0.2, 0) is 30.3 Å². The first kappa shape index (κ1) is 44.1. The number of rotatable bonds is 18. The molecule has 2 saturated heterocycles. The monoisotopic (exact) mass is 745 g/mol. The minimum Gasteiger partial charge on any atom is -0.394 e. The number of urea groups is 1. The Hall–Kier alpha value is -3.26. The molecule has 0 spiro atoms. The van der Waals surface area contributed by atoms with Gasteiger partial charge in [-0.2, -0.15) is 0 Å². The maximum absolute atomic E-state index is 14.7. The average Bonchev–Trinajstić information content (AvgIpc) is 3.60. The van der Waals surface area contributed by atoms with Gasteiger partial charge < -0.3 is 45.2 Å². The third-order valence-corrected chi connectivity index (χ3v) is 11.9. The third kappa shape index (κ3) is 10.5. The number of ether oxygens (including phenoxy) is 2. The number of hydrogen-bond donors (Lipinski definition) is 3. The molecule has 0 aromatic heterocycles. The number of carbonyl (C=O) groups excluding carboxylic acids is 4. The van der Waals surface area contributed by atoms with Crippen molar-refractivity contribution in [2.24, 2.45) is 29.4 Å². The molecule has 0 radical (unpaired) electrons. The first-order valence-corrected chi connectivity index (χ1v) is 19.4. The predicted molar refractivity (Wildman–Crippen MR) is 206 cm³/mol. The molecule has 1 aromatic carbocycles. The van der Waals surface area contributed by atoms with Crippen LogP contribution in [0.5, 0.6) is 0 Å². The highest BCUT2D eigenvalue weighted by Gasteiger charge is 2.51. The molecular formula is C40H68N6O7. The number of nitrogens with two attached hydrogens (primary N) is 1. The number of aliphatic hydroxyl groups excluding tert-OH is 1. The zero-order valence-corrected chi connectivity index (χ0v) is 33.9. The smallest absolute Gasteiger partial charge is 0.315 e. The van der Waals surface area contributed by atoms with Gasteiger partial charge in [-0.15, -0.1) is 0 Å². The maximum Gasteiger partial charge on any atom is 0.315 e.